The van der Waals surface area contributed by atoms with Crippen molar-refractivity contribution in [3.63, 3.8) is 0 Å². The van der Waals surface area contributed by atoms with E-state index in [-0.39, 0.29) is 0 Å². The van der Waals surface area contributed by atoms with E-state index < -0.39 is 0 Å². The molecule has 1 aromatic carbocycles. The third-order valence-electron chi connectivity index (χ3n) is 4.09. The van der Waals surface area contributed by atoms with Crippen LogP contribution >= 0.6 is 11.8 Å². The molecule has 1 nitrogen and oxygen atoms in total. The Kier molecular flexibility index (Phi) is 8.28. The molecule has 0 aliphatic heterocycles. The zero-order chi connectivity index (χ0) is 14.8. The molecule has 0 bridgehead atoms. The normalized spacial score (nSPS) is 14.5. The van der Waals surface area contributed by atoms with Crippen LogP contribution in [0.5, 0.6) is 0 Å². The minimum atomic E-state index is 0.800. The van der Waals surface area contributed by atoms with E-state index in [0.717, 1.165) is 12.6 Å². The molecule has 0 amide bonds. The summed E-state index contributed by atoms with van der Waals surface area (Å²) in [4.78, 5) is 1.44. The van der Waals surface area contributed by atoms with Crippen LogP contribution in [0.2, 0.25) is 0 Å². The molecule has 0 saturated heterocycles. The molecule has 0 radical (unpaired) electrons. The molecule has 0 spiro atoms. The van der Waals surface area contributed by atoms with E-state index in [1.54, 1.807) is 0 Å². The Morgan fingerprint density at radius 1 is 1.05 bits per heavy atom. The van der Waals surface area contributed by atoms with Gasteiger partial charge in [0, 0.05) is 17.5 Å². The third kappa shape index (κ3) is 7.92. The molecule has 1 fully saturated rings. The summed E-state index contributed by atoms with van der Waals surface area (Å²) >= 11 is 2.02. The van der Waals surface area contributed by atoms with E-state index in [2.05, 4.69) is 36.5 Å². The molecule has 118 valence electrons. The highest BCUT2D eigenvalue weighted by Gasteiger charge is 2.19. The molecule has 21 heavy (non-hydrogen) atoms. The van der Waals surface area contributed by atoms with Crippen molar-refractivity contribution in [2.75, 3.05) is 5.75 Å². The monoisotopic (exact) mass is 305 g/mol. The molecule has 0 aromatic heterocycles. The number of rotatable bonds is 12. The second kappa shape index (κ2) is 10.3. The molecular formula is C19H31NS. The standard InChI is InChI=1S/C19H31NS/c1-2-3-4-5-6-7-8-14-21-19-11-9-10-17(15-19)16-20-18-12-13-18/h9-11,15,18,20H,2-8,12-14,16H2,1H3. The van der Waals surface area contributed by atoms with E-state index in [1.165, 1.54) is 74.0 Å². The smallest absolute Gasteiger partial charge is 0.0208 e. The summed E-state index contributed by atoms with van der Waals surface area (Å²) in [7, 11) is 0. The molecule has 1 aliphatic rings. The molecule has 0 unspecified atom stereocenters. The Labute approximate surface area is 135 Å². The number of unbranched alkanes of at least 4 members (excludes halogenated alkanes) is 6. The number of hydrogen-bond acceptors (Lipinski definition) is 2. The first-order valence-corrected chi connectivity index (χ1v) is 9.82. The molecule has 2 rings (SSSR count). The van der Waals surface area contributed by atoms with Crippen LogP contribution in [-0.2, 0) is 6.54 Å². The highest BCUT2D eigenvalue weighted by atomic mass is 32.2. The molecule has 2 heteroatoms. The Morgan fingerprint density at radius 2 is 1.81 bits per heavy atom. The molecule has 1 N–H and O–H groups in total. The fourth-order valence-electron chi connectivity index (χ4n) is 2.54. The fraction of sp³-hybridized carbons (Fsp3) is 0.684. The lowest BCUT2D eigenvalue weighted by molar-refractivity contribution is 0.603. The predicted octanol–water partition coefficient (Wildman–Crippen LogP) is 5.78. The maximum absolute atomic E-state index is 3.59. The maximum atomic E-state index is 3.59. The van der Waals surface area contributed by atoms with Gasteiger partial charge in [0.1, 0.15) is 0 Å². The van der Waals surface area contributed by atoms with E-state index >= 15 is 0 Å². The van der Waals surface area contributed by atoms with Gasteiger partial charge < -0.3 is 5.32 Å². The third-order valence-corrected chi connectivity index (χ3v) is 5.17. The summed E-state index contributed by atoms with van der Waals surface area (Å²) in [6, 6.07) is 9.87. The molecule has 1 saturated carbocycles. The molecule has 1 aromatic rings. The van der Waals surface area contributed by atoms with Crippen LogP contribution in [0.15, 0.2) is 29.2 Å². The highest BCUT2D eigenvalue weighted by Crippen LogP contribution is 2.23. The lowest BCUT2D eigenvalue weighted by atomic mass is 10.1. The summed E-state index contributed by atoms with van der Waals surface area (Å²) in [5.74, 6) is 1.27. The number of hydrogen-bond donors (Lipinski definition) is 1. The van der Waals surface area contributed by atoms with Crippen molar-refractivity contribution >= 4 is 11.8 Å². The van der Waals surface area contributed by atoms with Gasteiger partial charge in [-0.1, -0.05) is 57.6 Å². The lowest BCUT2D eigenvalue weighted by Gasteiger charge is -2.06. The zero-order valence-corrected chi connectivity index (χ0v) is 14.4. The first-order valence-electron chi connectivity index (χ1n) is 8.83. The molecule has 1 aliphatic carbocycles. The largest absolute Gasteiger partial charge is 0.310 e. The minimum Gasteiger partial charge on any atom is -0.310 e. The topological polar surface area (TPSA) is 12.0 Å². The van der Waals surface area contributed by atoms with Crippen LogP contribution in [0, 0.1) is 0 Å². The van der Waals surface area contributed by atoms with Crippen molar-refractivity contribution < 1.29 is 0 Å². The Bertz CT molecular complexity index is 387. The number of nitrogens with one attached hydrogen (secondary N) is 1. The first-order chi connectivity index (χ1) is 10.4. The predicted molar refractivity (Wildman–Crippen MR) is 95.0 cm³/mol. The second-order valence-electron chi connectivity index (χ2n) is 6.27. The van der Waals surface area contributed by atoms with Crippen molar-refractivity contribution in [3.05, 3.63) is 29.8 Å². The average Bonchev–Trinajstić information content (AvgIpc) is 3.33. The van der Waals surface area contributed by atoms with Gasteiger partial charge in [0.15, 0.2) is 0 Å². The van der Waals surface area contributed by atoms with E-state index in [4.69, 9.17) is 0 Å². The van der Waals surface area contributed by atoms with Gasteiger partial charge in [-0.25, -0.2) is 0 Å². The summed E-state index contributed by atoms with van der Waals surface area (Å²) in [6.07, 6.45) is 12.5. The Morgan fingerprint density at radius 3 is 2.57 bits per heavy atom. The van der Waals surface area contributed by atoms with Gasteiger partial charge in [-0.3, -0.25) is 0 Å². The minimum absolute atomic E-state index is 0.800. The second-order valence-corrected chi connectivity index (χ2v) is 7.44. The van der Waals surface area contributed by atoms with E-state index in [0.29, 0.717) is 0 Å². The van der Waals surface area contributed by atoms with Crippen LogP contribution in [-0.4, -0.2) is 11.8 Å². The van der Waals surface area contributed by atoms with E-state index in [9.17, 15) is 0 Å². The summed E-state index contributed by atoms with van der Waals surface area (Å²) in [5.41, 5.74) is 1.44. The van der Waals surface area contributed by atoms with Crippen LogP contribution in [0.3, 0.4) is 0 Å². The first kappa shape index (κ1) is 16.9. The van der Waals surface area contributed by atoms with Gasteiger partial charge in [-0.15, -0.1) is 11.8 Å². The summed E-state index contributed by atoms with van der Waals surface area (Å²) < 4.78 is 0. The maximum Gasteiger partial charge on any atom is 0.0208 e. The Hall–Kier alpha value is -0.470. The SMILES string of the molecule is CCCCCCCCCSc1cccc(CNC2CC2)c1. The van der Waals surface area contributed by atoms with Gasteiger partial charge in [-0.05, 0) is 42.7 Å². The molecule has 0 heterocycles. The highest BCUT2D eigenvalue weighted by molar-refractivity contribution is 7.99. The van der Waals surface area contributed by atoms with Gasteiger partial charge in [-0.2, -0.15) is 0 Å². The van der Waals surface area contributed by atoms with Gasteiger partial charge >= 0.3 is 0 Å². The molecule has 0 atom stereocenters. The lowest BCUT2D eigenvalue weighted by Crippen LogP contribution is -2.15. The van der Waals surface area contributed by atoms with Gasteiger partial charge in [0.2, 0.25) is 0 Å². The van der Waals surface area contributed by atoms with E-state index in [1.807, 2.05) is 11.8 Å². The summed E-state index contributed by atoms with van der Waals surface area (Å²) in [5, 5.41) is 3.59. The van der Waals surface area contributed by atoms with Crippen molar-refractivity contribution in [2.24, 2.45) is 0 Å². The number of thioether (sulfide) groups is 1. The molecular weight excluding hydrogens is 274 g/mol. The van der Waals surface area contributed by atoms with Crippen molar-refractivity contribution in [3.8, 4) is 0 Å². The van der Waals surface area contributed by atoms with Crippen LogP contribution in [0.4, 0.5) is 0 Å². The zero-order valence-electron chi connectivity index (χ0n) is 13.6. The van der Waals surface area contributed by atoms with Gasteiger partial charge in [0.25, 0.3) is 0 Å². The van der Waals surface area contributed by atoms with Crippen molar-refractivity contribution in [1.82, 2.24) is 5.32 Å². The van der Waals surface area contributed by atoms with Crippen molar-refractivity contribution in [2.45, 2.75) is 82.2 Å². The average molecular weight is 306 g/mol. The summed E-state index contributed by atoms with van der Waals surface area (Å²) in [6.45, 7) is 3.32. The Balaban J connectivity index is 1.54. The number of benzene rings is 1. The van der Waals surface area contributed by atoms with Crippen molar-refractivity contribution in [1.29, 1.82) is 0 Å². The fourth-order valence-corrected chi connectivity index (χ4v) is 3.54. The van der Waals surface area contributed by atoms with Crippen LogP contribution in [0.25, 0.3) is 0 Å². The quantitative estimate of drug-likeness (QED) is 0.388. The van der Waals surface area contributed by atoms with Gasteiger partial charge in [0.05, 0.1) is 0 Å². The van der Waals surface area contributed by atoms with Crippen LogP contribution < -0.4 is 5.32 Å². The van der Waals surface area contributed by atoms with Crippen LogP contribution in [0.1, 0.15) is 70.3 Å².